The number of hydrogen-bond donors (Lipinski definition) is 1. The Kier molecular flexibility index (Phi) is 6.01. The van der Waals surface area contributed by atoms with Crippen LogP contribution in [0.15, 0.2) is 18.2 Å². The average molecular weight is 237 g/mol. The first-order valence-electron chi connectivity index (χ1n) is 6.16. The molecule has 0 atom stereocenters. The Labute approximate surface area is 104 Å². The molecule has 0 aromatic heterocycles. The number of nitrogens with zero attached hydrogens (tertiary/aromatic N) is 1. The van der Waals surface area contributed by atoms with E-state index in [1.54, 1.807) is 7.11 Å². The minimum absolute atomic E-state index is 0.257. The summed E-state index contributed by atoms with van der Waals surface area (Å²) in [5.74, 6) is 0.967. The van der Waals surface area contributed by atoms with E-state index in [1.807, 2.05) is 6.07 Å². The van der Waals surface area contributed by atoms with Crippen LogP contribution >= 0.6 is 0 Å². The Morgan fingerprint density at radius 2 is 2.12 bits per heavy atom. The fourth-order valence-corrected chi connectivity index (χ4v) is 1.94. The van der Waals surface area contributed by atoms with E-state index in [1.165, 1.54) is 11.1 Å². The molecule has 0 heterocycles. The molecule has 1 aromatic rings. The van der Waals surface area contributed by atoms with Crippen molar-refractivity contribution in [3.8, 4) is 5.75 Å². The minimum Gasteiger partial charge on any atom is -0.496 e. The molecule has 0 aliphatic carbocycles. The van der Waals surface area contributed by atoms with Crippen LogP contribution in [0.1, 0.15) is 24.5 Å². The molecule has 0 fully saturated rings. The van der Waals surface area contributed by atoms with Gasteiger partial charge in [0, 0.05) is 19.7 Å². The summed E-state index contributed by atoms with van der Waals surface area (Å²) in [6.45, 7) is 4.23. The van der Waals surface area contributed by atoms with Gasteiger partial charge in [0.05, 0.1) is 7.11 Å². The highest BCUT2D eigenvalue weighted by Crippen LogP contribution is 2.20. The summed E-state index contributed by atoms with van der Waals surface area (Å²) in [5, 5.41) is 8.79. The molecule has 3 heteroatoms. The second-order valence-corrected chi connectivity index (χ2v) is 4.31. The summed E-state index contributed by atoms with van der Waals surface area (Å²) in [6, 6.07) is 6.34. The van der Waals surface area contributed by atoms with E-state index in [4.69, 9.17) is 9.84 Å². The lowest BCUT2D eigenvalue weighted by atomic mass is 10.1. The van der Waals surface area contributed by atoms with Crippen LogP contribution in [-0.2, 0) is 13.0 Å². The Hall–Kier alpha value is -1.06. The Morgan fingerprint density at radius 3 is 2.71 bits per heavy atom. The first-order chi connectivity index (χ1) is 8.21. The Morgan fingerprint density at radius 1 is 1.35 bits per heavy atom. The molecule has 0 spiro atoms. The van der Waals surface area contributed by atoms with Crippen LogP contribution in [0.5, 0.6) is 5.75 Å². The van der Waals surface area contributed by atoms with Gasteiger partial charge in [-0.15, -0.1) is 0 Å². The highest BCUT2D eigenvalue weighted by Gasteiger charge is 2.04. The number of aryl methyl sites for hydroxylation is 1. The van der Waals surface area contributed by atoms with Crippen LogP contribution in [0.3, 0.4) is 0 Å². The third-order valence-corrected chi connectivity index (χ3v) is 2.88. The van der Waals surface area contributed by atoms with Gasteiger partial charge in [-0.05, 0) is 37.1 Å². The van der Waals surface area contributed by atoms with Crippen LogP contribution in [0.25, 0.3) is 0 Å². The summed E-state index contributed by atoms with van der Waals surface area (Å²) < 4.78 is 5.31. The van der Waals surface area contributed by atoms with Gasteiger partial charge in [-0.25, -0.2) is 0 Å². The molecular formula is C14H23NO2. The molecular weight excluding hydrogens is 214 g/mol. The van der Waals surface area contributed by atoms with E-state index >= 15 is 0 Å². The molecule has 0 saturated heterocycles. The molecule has 0 saturated carbocycles. The lowest BCUT2D eigenvalue weighted by molar-refractivity contribution is 0.244. The van der Waals surface area contributed by atoms with E-state index in [9.17, 15) is 0 Å². The lowest BCUT2D eigenvalue weighted by Crippen LogP contribution is -2.20. The summed E-state index contributed by atoms with van der Waals surface area (Å²) >= 11 is 0. The first-order valence-corrected chi connectivity index (χ1v) is 6.16. The Balaban J connectivity index is 2.65. The predicted molar refractivity (Wildman–Crippen MR) is 70.4 cm³/mol. The highest BCUT2D eigenvalue weighted by atomic mass is 16.5. The monoisotopic (exact) mass is 237 g/mol. The summed E-state index contributed by atoms with van der Waals surface area (Å²) in [7, 11) is 3.78. The van der Waals surface area contributed by atoms with Crippen LogP contribution < -0.4 is 4.74 Å². The maximum absolute atomic E-state index is 8.79. The average Bonchev–Trinajstić information content (AvgIpc) is 2.36. The van der Waals surface area contributed by atoms with E-state index in [2.05, 4.69) is 31.0 Å². The number of aliphatic hydroxyl groups is 1. The standard InChI is InChI=1S/C14H23NO2/c1-4-13-10-12(6-7-14(13)17-3)11-15(2)8-5-9-16/h6-7,10,16H,4-5,8-9,11H2,1-3H3. The first kappa shape index (κ1) is 14.0. The van der Waals surface area contributed by atoms with Crippen molar-refractivity contribution in [1.82, 2.24) is 4.90 Å². The summed E-state index contributed by atoms with van der Waals surface area (Å²) in [4.78, 5) is 2.22. The van der Waals surface area contributed by atoms with Crippen molar-refractivity contribution in [2.75, 3.05) is 27.3 Å². The van der Waals surface area contributed by atoms with Gasteiger partial charge in [0.2, 0.25) is 0 Å². The fraction of sp³-hybridized carbons (Fsp3) is 0.571. The van der Waals surface area contributed by atoms with E-state index in [0.29, 0.717) is 0 Å². The van der Waals surface area contributed by atoms with Gasteiger partial charge in [-0.1, -0.05) is 19.1 Å². The third-order valence-electron chi connectivity index (χ3n) is 2.88. The molecule has 0 radical (unpaired) electrons. The molecule has 0 aliphatic rings. The SMILES string of the molecule is CCc1cc(CN(C)CCCO)ccc1OC. The van der Waals surface area contributed by atoms with E-state index < -0.39 is 0 Å². The van der Waals surface area contributed by atoms with Crippen molar-refractivity contribution in [2.45, 2.75) is 26.3 Å². The molecule has 1 aromatic carbocycles. The number of benzene rings is 1. The van der Waals surface area contributed by atoms with Gasteiger partial charge in [-0.2, -0.15) is 0 Å². The van der Waals surface area contributed by atoms with Gasteiger partial charge in [-0.3, -0.25) is 0 Å². The molecule has 17 heavy (non-hydrogen) atoms. The fourth-order valence-electron chi connectivity index (χ4n) is 1.94. The zero-order chi connectivity index (χ0) is 12.7. The maximum atomic E-state index is 8.79. The van der Waals surface area contributed by atoms with Crippen molar-refractivity contribution in [2.24, 2.45) is 0 Å². The number of hydrogen-bond acceptors (Lipinski definition) is 3. The van der Waals surface area contributed by atoms with Crippen molar-refractivity contribution >= 4 is 0 Å². The van der Waals surface area contributed by atoms with Crippen LogP contribution in [0, 0.1) is 0 Å². The smallest absolute Gasteiger partial charge is 0.122 e. The van der Waals surface area contributed by atoms with Gasteiger partial charge >= 0.3 is 0 Å². The number of methoxy groups -OCH3 is 1. The highest BCUT2D eigenvalue weighted by molar-refractivity contribution is 5.37. The van der Waals surface area contributed by atoms with Gasteiger partial charge < -0.3 is 14.7 Å². The van der Waals surface area contributed by atoms with Crippen molar-refractivity contribution in [1.29, 1.82) is 0 Å². The zero-order valence-corrected chi connectivity index (χ0v) is 11.1. The van der Waals surface area contributed by atoms with Crippen molar-refractivity contribution in [3.63, 3.8) is 0 Å². The van der Waals surface area contributed by atoms with Gasteiger partial charge in [0.25, 0.3) is 0 Å². The number of ether oxygens (including phenoxy) is 1. The molecule has 0 unspecified atom stereocenters. The number of rotatable bonds is 7. The van der Waals surface area contributed by atoms with Crippen molar-refractivity contribution < 1.29 is 9.84 Å². The van der Waals surface area contributed by atoms with Crippen LogP contribution in [-0.4, -0.2) is 37.3 Å². The van der Waals surface area contributed by atoms with Gasteiger partial charge in [0.15, 0.2) is 0 Å². The second kappa shape index (κ2) is 7.30. The van der Waals surface area contributed by atoms with Crippen molar-refractivity contribution in [3.05, 3.63) is 29.3 Å². The molecule has 0 bridgehead atoms. The molecule has 3 nitrogen and oxygen atoms in total. The van der Waals surface area contributed by atoms with Crippen LogP contribution in [0.2, 0.25) is 0 Å². The molecule has 0 amide bonds. The van der Waals surface area contributed by atoms with E-state index in [-0.39, 0.29) is 6.61 Å². The number of aliphatic hydroxyl groups excluding tert-OH is 1. The summed E-state index contributed by atoms with van der Waals surface area (Å²) in [6.07, 6.45) is 1.81. The summed E-state index contributed by atoms with van der Waals surface area (Å²) in [5.41, 5.74) is 2.55. The topological polar surface area (TPSA) is 32.7 Å². The van der Waals surface area contributed by atoms with Crippen LogP contribution in [0.4, 0.5) is 0 Å². The Bertz CT molecular complexity index is 339. The van der Waals surface area contributed by atoms with Gasteiger partial charge in [0.1, 0.15) is 5.75 Å². The maximum Gasteiger partial charge on any atom is 0.122 e. The molecule has 1 N–H and O–H groups in total. The second-order valence-electron chi connectivity index (χ2n) is 4.31. The quantitative estimate of drug-likeness (QED) is 0.788. The zero-order valence-electron chi connectivity index (χ0n) is 11.1. The predicted octanol–water partition coefficient (Wildman–Crippen LogP) is 2.07. The lowest BCUT2D eigenvalue weighted by Gasteiger charge is -2.17. The van der Waals surface area contributed by atoms with E-state index in [0.717, 1.165) is 31.7 Å². The molecule has 0 aliphatic heterocycles. The molecule has 96 valence electrons. The third kappa shape index (κ3) is 4.36. The molecule has 1 rings (SSSR count). The normalized spacial score (nSPS) is 10.9. The minimum atomic E-state index is 0.257. The largest absolute Gasteiger partial charge is 0.496 e.